The predicted octanol–water partition coefficient (Wildman–Crippen LogP) is 3.15. The maximum absolute atomic E-state index is 12.7. The van der Waals surface area contributed by atoms with E-state index in [1.54, 1.807) is 11.3 Å². The van der Waals surface area contributed by atoms with E-state index in [0.29, 0.717) is 0 Å². The molecule has 0 fully saturated rings. The SMILES string of the molecule is CC1C(=O)N(CC2=CC=CC2(C)C)CCc2ncsc21. The Balaban J connectivity index is 1.80. The van der Waals surface area contributed by atoms with Crippen molar-refractivity contribution < 1.29 is 4.79 Å². The van der Waals surface area contributed by atoms with Crippen LogP contribution >= 0.6 is 11.3 Å². The zero-order valence-electron chi connectivity index (χ0n) is 12.2. The molecule has 1 aliphatic carbocycles. The number of hydrogen-bond donors (Lipinski definition) is 0. The van der Waals surface area contributed by atoms with Crippen molar-refractivity contribution in [1.82, 2.24) is 9.88 Å². The molecule has 1 atom stereocenters. The molecule has 2 aliphatic rings. The highest BCUT2D eigenvalue weighted by Crippen LogP contribution is 2.35. The fourth-order valence-electron chi connectivity index (χ4n) is 2.90. The number of rotatable bonds is 2. The van der Waals surface area contributed by atoms with Crippen molar-refractivity contribution in [2.24, 2.45) is 5.41 Å². The van der Waals surface area contributed by atoms with Gasteiger partial charge < -0.3 is 4.90 Å². The van der Waals surface area contributed by atoms with Crippen LogP contribution in [-0.2, 0) is 11.2 Å². The third-order valence-electron chi connectivity index (χ3n) is 4.37. The number of nitrogens with zero attached hydrogens (tertiary/aromatic N) is 2. The van der Waals surface area contributed by atoms with Gasteiger partial charge in [-0.25, -0.2) is 4.98 Å². The Morgan fingerprint density at radius 3 is 3.00 bits per heavy atom. The van der Waals surface area contributed by atoms with E-state index < -0.39 is 0 Å². The Kier molecular flexibility index (Phi) is 3.28. The first-order valence-corrected chi connectivity index (χ1v) is 7.97. The molecule has 1 amide bonds. The van der Waals surface area contributed by atoms with Gasteiger partial charge in [-0.3, -0.25) is 4.79 Å². The number of thiazole rings is 1. The molecule has 20 heavy (non-hydrogen) atoms. The highest BCUT2D eigenvalue weighted by molar-refractivity contribution is 7.10. The normalized spacial score (nSPS) is 24.6. The fraction of sp³-hybridized carbons (Fsp3) is 0.500. The first-order chi connectivity index (χ1) is 9.49. The lowest BCUT2D eigenvalue weighted by Gasteiger charge is -2.29. The van der Waals surface area contributed by atoms with Crippen LogP contribution in [0, 0.1) is 5.41 Å². The summed E-state index contributed by atoms with van der Waals surface area (Å²) in [4.78, 5) is 20.2. The zero-order valence-corrected chi connectivity index (χ0v) is 13.0. The molecular formula is C16H20N2OS. The van der Waals surface area contributed by atoms with Gasteiger partial charge in [0.1, 0.15) is 0 Å². The average molecular weight is 288 g/mol. The minimum absolute atomic E-state index is 0.0573. The van der Waals surface area contributed by atoms with Crippen LogP contribution in [0.3, 0.4) is 0 Å². The first-order valence-electron chi connectivity index (χ1n) is 7.09. The number of aromatic nitrogens is 1. The maximum Gasteiger partial charge on any atom is 0.231 e. The summed E-state index contributed by atoms with van der Waals surface area (Å²) in [6.45, 7) is 7.91. The number of hydrogen-bond acceptors (Lipinski definition) is 3. The zero-order chi connectivity index (χ0) is 14.3. The molecule has 2 heterocycles. The van der Waals surface area contributed by atoms with Gasteiger partial charge in [-0.2, -0.15) is 0 Å². The molecule has 0 saturated heterocycles. The molecule has 0 saturated carbocycles. The Bertz CT molecular complexity index is 597. The molecule has 3 rings (SSSR count). The Morgan fingerprint density at radius 2 is 2.30 bits per heavy atom. The number of amides is 1. The number of carbonyl (C=O) groups is 1. The van der Waals surface area contributed by atoms with E-state index in [9.17, 15) is 4.79 Å². The molecule has 1 unspecified atom stereocenters. The summed E-state index contributed by atoms with van der Waals surface area (Å²) < 4.78 is 0. The van der Waals surface area contributed by atoms with E-state index in [-0.39, 0.29) is 17.2 Å². The van der Waals surface area contributed by atoms with Gasteiger partial charge in [-0.05, 0) is 12.5 Å². The van der Waals surface area contributed by atoms with Crippen molar-refractivity contribution in [2.75, 3.05) is 13.1 Å². The predicted molar refractivity (Wildman–Crippen MR) is 81.8 cm³/mol. The molecule has 1 aromatic rings. The molecule has 0 radical (unpaired) electrons. The standard InChI is InChI=1S/C16H20N2OS/c1-11-14-13(17-10-20-14)6-8-18(15(11)19)9-12-5-4-7-16(12,2)3/h4-5,7,10-11H,6,8-9H2,1-3H3. The monoisotopic (exact) mass is 288 g/mol. The molecule has 4 heteroatoms. The third kappa shape index (κ3) is 2.22. The van der Waals surface area contributed by atoms with Crippen LogP contribution in [0.1, 0.15) is 37.3 Å². The van der Waals surface area contributed by atoms with Gasteiger partial charge >= 0.3 is 0 Å². The van der Waals surface area contributed by atoms with Crippen LogP contribution in [0.5, 0.6) is 0 Å². The van der Waals surface area contributed by atoms with Gasteiger partial charge in [0.2, 0.25) is 5.91 Å². The van der Waals surface area contributed by atoms with E-state index in [1.165, 1.54) is 5.57 Å². The molecule has 106 valence electrons. The Morgan fingerprint density at radius 1 is 1.50 bits per heavy atom. The van der Waals surface area contributed by atoms with Gasteiger partial charge in [0.05, 0.1) is 17.1 Å². The van der Waals surface area contributed by atoms with Crippen LogP contribution in [0.15, 0.2) is 29.3 Å². The van der Waals surface area contributed by atoms with Crippen LogP contribution in [0.25, 0.3) is 0 Å². The van der Waals surface area contributed by atoms with Crippen LogP contribution in [0.2, 0.25) is 0 Å². The van der Waals surface area contributed by atoms with Crippen LogP contribution in [0.4, 0.5) is 0 Å². The minimum Gasteiger partial charge on any atom is -0.338 e. The molecule has 0 aromatic carbocycles. The van der Waals surface area contributed by atoms with Crippen molar-refractivity contribution in [2.45, 2.75) is 33.1 Å². The average Bonchev–Trinajstić information content (AvgIpc) is 2.96. The summed E-state index contributed by atoms with van der Waals surface area (Å²) in [6, 6.07) is 0. The second-order valence-electron chi connectivity index (χ2n) is 6.17. The van der Waals surface area contributed by atoms with E-state index >= 15 is 0 Å². The number of allylic oxidation sites excluding steroid dienone is 3. The lowest BCUT2D eigenvalue weighted by Crippen LogP contribution is -2.37. The molecule has 0 N–H and O–H groups in total. The number of fused-ring (bicyclic) bond motifs is 1. The topological polar surface area (TPSA) is 33.2 Å². The summed E-state index contributed by atoms with van der Waals surface area (Å²) >= 11 is 1.61. The van der Waals surface area contributed by atoms with Crippen LogP contribution < -0.4 is 0 Å². The summed E-state index contributed by atoms with van der Waals surface area (Å²) in [5.41, 5.74) is 4.35. The lowest BCUT2D eigenvalue weighted by atomic mass is 9.87. The van der Waals surface area contributed by atoms with Crippen molar-refractivity contribution in [3.8, 4) is 0 Å². The third-order valence-corrected chi connectivity index (χ3v) is 5.42. The second kappa shape index (κ2) is 4.85. The molecular weight excluding hydrogens is 268 g/mol. The molecule has 0 bridgehead atoms. The van der Waals surface area contributed by atoms with Crippen molar-refractivity contribution in [1.29, 1.82) is 0 Å². The van der Waals surface area contributed by atoms with E-state index in [0.717, 1.165) is 30.1 Å². The fourth-order valence-corrected chi connectivity index (χ4v) is 3.79. The summed E-state index contributed by atoms with van der Waals surface area (Å²) in [5.74, 6) is 0.176. The smallest absolute Gasteiger partial charge is 0.231 e. The van der Waals surface area contributed by atoms with Gasteiger partial charge in [-0.15, -0.1) is 11.3 Å². The van der Waals surface area contributed by atoms with Gasteiger partial charge in [-0.1, -0.05) is 32.1 Å². The summed E-state index contributed by atoms with van der Waals surface area (Å²) in [6.07, 6.45) is 7.32. The molecule has 1 aliphatic heterocycles. The van der Waals surface area contributed by atoms with Gasteiger partial charge in [0.15, 0.2) is 0 Å². The largest absolute Gasteiger partial charge is 0.338 e. The first kappa shape index (κ1) is 13.6. The highest BCUT2D eigenvalue weighted by Gasteiger charge is 2.32. The Hall–Kier alpha value is -1.42. The van der Waals surface area contributed by atoms with Crippen molar-refractivity contribution in [3.63, 3.8) is 0 Å². The number of carbonyl (C=O) groups excluding carboxylic acids is 1. The Labute approximate surface area is 124 Å². The van der Waals surface area contributed by atoms with Gasteiger partial charge in [0.25, 0.3) is 0 Å². The quantitative estimate of drug-likeness (QED) is 0.837. The molecule has 3 nitrogen and oxygen atoms in total. The van der Waals surface area contributed by atoms with Crippen molar-refractivity contribution >= 4 is 17.2 Å². The van der Waals surface area contributed by atoms with Crippen molar-refractivity contribution in [3.05, 3.63) is 39.9 Å². The van der Waals surface area contributed by atoms with Crippen LogP contribution in [-0.4, -0.2) is 28.9 Å². The molecule has 0 spiro atoms. The highest BCUT2D eigenvalue weighted by atomic mass is 32.1. The molecule has 1 aromatic heterocycles. The summed E-state index contributed by atoms with van der Waals surface area (Å²) in [7, 11) is 0. The van der Waals surface area contributed by atoms with E-state index in [1.807, 2.05) is 17.3 Å². The summed E-state index contributed by atoms with van der Waals surface area (Å²) in [5, 5.41) is 0. The van der Waals surface area contributed by atoms with E-state index in [2.05, 4.69) is 37.1 Å². The van der Waals surface area contributed by atoms with E-state index in [4.69, 9.17) is 0 Å². The lowest BCUT2D eigenvalue weighted by molar-refractivity contribution is -0.131. The minimum atomic E-state index is -0.0573. The second-order valence-corrected chi connectivity index (χ2v) is 7.05. The maximum atomic E-state index is 12.7. The van der Waals surface area contributed by atoms with Gasteiger partial charge in [0, 0.05) is 29.8 Å².